The SMILES string of the molecule is CC(C)C(C)(C)CNCCN1CCOCC1. The fraction of sp³-hybridized carbons (Fsp3) is 1.00. The van der Waals surface area contributed by atoms with Crippen LogP contribution in [0.1, 0.15) is 27.7 Å². The summed E-state index contributed by atoms with van der Waals surface area (Å²) < 4.78 is 5.33. The summed E-state index contributed by atoms with van der Waals surface area (Å²) >= 11 is 0. The van der Waals surface area contributed by atoms with E-state index in [1.807, 2.05) is 0 Å². The Morgan fingerprint density at radius 1 is 1.25 bits per heavy atom. The summed E-state index contributed by atoms with van der Waals surface area (Å²) in [7, 11) is 0. The lowest BCUT2D eigenvalue weighted by Crippen LogP contribution is -2.42. The van der Waals surface area contributed by atoms with E-state index in [0.717, 1.165) is 51.9 Å². The number of hydrogen-bond donors (Lipinski definition) is 1. The Labute approximate surface area is 101 Å². The highest BCUT2D eigenvalue weighted by molar-refractivity contribution is 4.75. The third-order valence-corrected chi connectivity index (χ3v) is 3.85. The molecule has 1 saturated heterocycles. The predicted molar refractivity (Wildman–Crippen MR) is 68.7 cm³/mol. The van der Waals surface area contributed by atoms with Gasteiger partial charge in [0.15, 0.2) is 0 Å². The van der Waals surface area contributed by atoms with Gasteiger partial charge in [-0.1, -0.05) is 27.7 Å². The average Bonchev–Trinajstić information content (AvgIpc) is 2.26. The van der Waals surface area contributed by atoms with E-state index in [-0.39, 0.29) is 0 Å². The molecule has 1 heterocycles. The van der Waals surface area contributed by atoms with E-state index in [9.17, 15) is 0 Å². The quantitative estimate of drug-likeness (QED) is 0.699. The van der Waals surface area contributed by atoms with Crippen molar-refractivity contribution in [1.82, 2.24) is 10.2 Å². The minimum Gasteiger partial charge on any atom is -0.379 e. The first-order chi connectivity index (χ1) is 7.52. The summed E-state index contributed by atoms with van der Waals surface area (Å²) in [5.74, 6) is 0.725. The zero-order chi connectivity index (χ0) is 12.0. The van der Waals surface area contributed by atoms with E-state index < -0.39 is 0 Å². The summed E-state index contributed by atoms with van der Waals surface area (Å²) in [4.78, 5) is 2.47. The van der Waals surface area contributed by atoms with Gasteiger partial charge in [0.2, 0.25) is 0 Å². The number of hydrogen-bond acceptors (Lipinski definition) is 3. The van der Waals surface area contributed by atoms with Crippen LogP contribution in [0.25, 0.3) is 0 Å². The summed E-state index contributed by atoms with van der Waals surface area (Å²) in [6.07, 6.45) is 0. The molecule has 0 atom stereocenters. The van der Waals surface area contributed by atoms with Crippen molar-refractivity contribution in [2.24, 2.45) is 11.3 Å². The van der Waals surface area contributed by atoms with Gasteiger partial charge in [0.05, 0.1) is 13.2 Å². The first-order valence-corrected chi connectivity index (χ1v) is 6.53. The van der Waals surface area contributed by atoms with Crippen molar-refractivity contribution in [2.45, 2.75) is 27.7 Å². The second-order valence-electron chi connectivity index (χ2n) is 5.77. The van der Waals surface area contributed by atoms with Gasteiger partial charge in [0, 0.05) is 32.7 Å². The van der Waals surface area contributed by atoms with Crippen molar-refractivity contribution in [3.8, 4) is 0 Å². The average molecular weight is 228 g/mol. The number of nitrogens with zero attached hydrogens (tertiary/aromatic N) is 1. The Hall–Kier alpha value is -0.120. The molecule has 96 valence electrons. The normalized spacial score (nSPS) is 19.3. The minimum absolute atomic E-state index is 0.394. The van der Waals surface area contributed by atoms with Gasteiger partial charge >= 0.3 is 0 Å². The second-order valence-corrected chi connectivity index (χ2v) is 5.77. The molecule has 3 heteroatoms. The van der Waals surface area contributed by atoms with Gasteiger partial charge in [-0.05, 0) is 11.3 Å². The molecule has 1 fully saturated rings. The molecular formula is C13H28N2O. The molecule has 0 aromatic heterocycles. The smallest absolute Gasteiger partial charge is 0.0594 e. The van der Waals surface area contributed by atoms with Crippen LogP contribution in [0.15, 0.2) is 0 Å². The van der Waals surface area contributed by atoms with Crippen molar-refractivity contribution in [2.75, 3.05) is 45.9 Å². The van der Waals surface area contributed by atoms with Crippen molar-refractivity contribution < 1.29 is 4.74 Å². The Balaban J connectivity index is 2.06. The van der Waals surface area contributed by atoms with Crippen LogP contribution < -0.4 is 5.32 Å². The van der Waals surface area contributed by atoms with Gasteiger partial charge in [-0.3, -0.25) is 4.90 Å². The molecule has 1 aliphatic rings. The van der Waals surface area contributed by atoms with E-state index in [1.54, 1.807) is 0 Å². The van der Waals surface area contributed by atoms with Crippen molar-refractivity contribution in [3.63, 3.8) is 0 Å². The maximum atomic E-state index is 5.33. The van der Waals surface area contributed by atoms with Gasteiger partial charge in [-0.25, -0.2) is 0 Å². The van der Waals surface area contributed by atoms with Gasteiger partial charge < -0.3 is 10.1 Å². The van der Waals surface area contributed by atoms with Crippen LogP contribution in [-0.4, -0.2) is 50.8 Å². The van der Waals surface area contributed by atoms with Gasteiger partial charge in [0.1, 0.15) is 0 Å². The monoisotopic (exact) mass is 228 g/mol. The van der Waals surface area contributed by atoms with Crippen molar-refractivity contribution >= 4 is 0 Å². The minimum atomic E-state index is 0.394. The van der Waals surface area contributed by atoms with Crippen LogP contribution in [0, 0.1) is 11.3 Å². The Morgan fingerprint density at radius 2 is 1.88 bits per heavy atom. The summed E-state index contributed by atoms with van der Waals surface area (Å²) in [5.41, 5.74) is 0.394. The molecule has 0 radical (unpaired) electrons. The number of rotatable bonds is 6. The molecule has 3 nitrogen and oxygen atoms in total. The lowest BCUT2D eigenvalue weighted by molar-refractivity contribution is 0.0380. The Bertz CT molecular complexity index is 186. The van der Waals surface area contributed by atoms with Crippen LogP contribution in [-0.2, 0) is 4.74 Å². The first kappa shape index (κ1) is 13.9. The molecule has 0 aliphatic carbocycles. The molecule has 1 aliphatic heterocycles. The maximum absolute atomic E-state index is 5.33. The molecule has 16 heavy (non-hydrogen) atoms. The largest absolute Gasteiger partial charge is 0.379 e. The molecule has 0 amide bonds. The van der Waals surface area contributed by atoms with Crippen LogP contribution in [0.5, 0.6) is 0 Å². The van der Waals surface area contributed by atoms with Gasteiger partial charge in [-0.15, -0.1) is 0 Å². The topological polar surface area (TPSA) is 24.5 Å². The zero-order valence-electron chi connectivity index (χ0n) is 11.4. The molecular weight excluding hydrogens is 200 g/mol. The van der Waals surface area contributed by atoms with E-state index in [0.29, 0.717) is 5.41 Å². The van der Waals surface area contributed by atoms with Crippen LogP contribution in [0.2, 0.25) is 0 Å². The summed E-state index contributed by atoms with van der Waals surface area (Å²) in [6.45, 7) is 16.6. The Kier molecular flexibility index (Phi) is 5.73. The second kappa shape index (κ2) is 6.58. The van der Waals surface area contributed by atoms with Gasteiger partial charge in [0.25, 0.3) is 0 Å². The maximum Gasteiger partial charge on any atom is 0.0594 e. The lowest BCUT2D eigenvalue weighted by Gasteiger charge is -2.31. The standard InChI is InChI=1S/C13H28N2O/c1-12(2)13(3,4)11-14-5-6-15-7-9-16-10-8-15/h12,14H,5-11H2,1-4H3. The highest BCUT2D eigenvalue weighted by atomic mass is 16.5. The third-order valence-electron chi connectivity index (χ3n) is 3.85. The predicted octanol–water partition coefficient (Wildman–Crippen LogP) is 1.59. The molecule has 0 aromatic rings. The zero-order valence-corrected chi connectivity index (χ0v) is 11.4. The van der Waals surface area contributed by atoms with E-state index in [2.05, 4.69) is 37.9 Å². The van der Waals surface area contributed by atoms with Crippen molar-refractivity contribution in [3.05, 3.63) is 0 Å². The fourth-order valence-electron chi connectivity index (χ4n) is 1.68. The first-order valence-electron chi connectivity index (χ1n) is 6.53. The molecule has 0 spiro atoms. The van der Waals surface area contributed by atoms with Crippen LogP contribution in [0.4, 0.5) is 0 Å². The third kappa shape index (κ3) is 4.81. The summed E-state index contributed by atoms with van der Waals surface area (Å²) in [6, 6.07) is 0. The number of nitrogens with one attached hydrogen (secondary N) is 1. The number of ether oxygens (including phenoxy) is 1. The molecule has 0 unspecified atom stereocenters. The van der Waals surface area contributed by atoms with E-state index in [1.165, 1.54) is 0 Å². The fourth-order valence-corrected chi connectivity index (χ4v) is 1.68. The molecule has 0 bridgehead atoms. The lowest BCUT2D eigenvalue weighted by atomic mass is 9.81. The highest BCUT2D eigenvalue weighted by Crippen LogP contribution is 2.24. The highest BCUT2D eigenvalue weighted by Gasteiger charge is 2.21. The summed E-state index contributed by atoms with van der Waals surface area (Å²) in [5, 5.41) is 3.57. The van der Waals surface area contributed by atoms with E-state index in [4.69, 9.17) is 4.74 Å². The molecule has 1 rings (SSSR count). The molecule has 1 N–H and O–H groups in total. The van der Waals surface area contributed by atoms with Crippen LogP contribution >= 0.6 is 0 Å². The number of morpholine rings is 1. The molecule has 0 saturated carbocycles. The van der Waals surface area contributed by atoms with Gasteiger partial charge in [-0.2, -0.15) is 0 Å². The van der Waals surface area contributed by atoms with Crippen molar-refractivity contribution in [1.29, 1.82) is 0 Å². The Morgan fingerprint density at radius 3 is 2.44 bits per heavy atom. The molecule has 0 aromatic carbocycles. The van der Waals surface area contributed by atoms with E-state index >= 15 is 0 Å². The van der Waals surface area contributed by atoms with Crippen LogP contribution in [0.3, 0.4) is 0 Å².